The number of allylic oxidation sites excluding steroid dienone is 2. The van der Waals surface area contributed by atoms with Gasteiger partial charge in [0, 0.05) is 18.2 Å². The molecule has 0 unspecified atom stereocenters. The van der Waals surface area contributed by atoms with Crippen LogP contribution in [0.5, 0.6) is 5.88 Å². The van der Waals surface area contributed by atoms with Gasteiger partial charge in [0.2, 0.25) is 11.7 Å². The first-order chi connectivity index (χ1) is 16.4. The van der Waals surface area contributed by atoms with Crippen LogP contribution >= 0.6 is 0 Å². The molecule has 0 aliphatic carbocycles. The molecule has 0 aliphatic heterocycles. The normalized spacial score (nSPS) is 11.3. The topological polar surface area (TPSA) is 121 Å². The number of hydrogen-bond acceptors (Lipinski definition) is 7. The van der Waals surface area contributed by atoms with Crippen LogP contribution in [0.15, 0.2) is 52.9 Å². The number of carbonyl (C=O) groups excluding carboxylic acids is 1. The van der Waals surface area contributed by atoms with Gasteiger partial charge in [-0.05, 0) is 70.9 Å². The molecule has 35 heavy (non-hydrogen) atoms. The van der Waals surface area contributed by atoms with Crippen molar-refractivity contribution in [3.8, 4) is 5.88 Å². The van der Waals surface area contributed by atoms with Crippen LogP contribution in [0.4, 0.5) is 5.69 Å². The summed E-state index contributed by atoms with van der Waals surface area (Å²) in [6, 6.07) is 10.3. The van der Waals surface area contributed by atoms with E-state index in [9.17, 15) is 23.3 Å². The first kappa shape index (κ1) is 25.8. The van der Waals surface area contributed by atoms with Gasteiger partial charge in [-0.1, -0.05) is 23.8 Å². The minimum Gasteiger partial charge on any atom is -0.358 e. The molecule has 3 rings (SSSR count). The number of rotatable bonds is 8. The SMILES string of the molecule is CCn1nc(C)c(C(=O)c2ccc([N+](=O)[O-])c(C(C)=C(C)C)c2C)c1OS(=O)(=O)c1ccccc1. The largest absolute Gasteiger partial charge is 0.358 e. The van der Waals surface area contributed by atoms with Crippen LogP contribution < -0.4 is 4.18 Å². The molecular weight excluding hydrogens is 470 g/mol. The summed E-state index contributed by atoms with van der Waals surface area (Å²) in [4.78, 5) is 24.9. The van der Waals surface area contributed by atoms with Gasteiger partial charge in [0.25, 0.3) is 5.69 Å². The number of aryl methyl sites for hydroxylation is 2. The second-order valence-electron chi connectivity index (χ2n) is 8.28. The van der Waals surface area contributed by atoms with E-state index in [-0.39, 0.29) is 39.8 Å². The van der Waals surface area contributed by atoms with Crippen LogP contribution in [0, 0.1) is 24.0 Å². The second kappa shape index (κ2) is 9.83. The minimum atomic E-state index is -4.24. The van der Waals surface area contributed by atoms with E-state index in [1.165, 1.54) is 28.9 Å². The fourth-order valence-corrected chi connectivity index (χ4v) is 4.78. The molecule has 0 bridgehead atoms. The Morgan fingerprint density at radius 3 is 2.23 bits per heavy atom. The lowest BCUT2D eigenvalue weighted by Gasteiger charge is -2.14. The number of nitro benzene ring substituents is 1. The molecule has 0 fully saturated rings. The summed E-state index contributed by atoms with van der Waals surface area (Å²) in [6.07, 6.45) is 0. The van der Waals surface area contributed by atoms with Crippen molar-refractivity contribution >= 4 is 27.2 Å². The number of carbonyl (C=O) groups is 1. The molecule has 1 heterocycles. The zero-order valence-electron chi connectivity index (χ0n) is 20.4. The Balaban J connectivity index is 2.22. The molecule has 0 N–H and O–H groups in total. The van der Waals surface area contributed by atoms with Gasteiger partial charge < -0.3 is 4.18 Å². The smallest absolute Gasteiger partial charge is 0.340 e. The lowest BCUT2D eigenvalue weighted by atomic mass is 9.90. The van der Waals surface area contributed by atoms with Crippen LogP contribution in [0.1, 0.15) is 60.4 Å². The van der Waals surface area contributed by atoms with E-state index in [0.717, 1.165) is 5.57 Å². The number of hydrogen-bond donors (Lipinski definition) is 0. The second-order valence-corrected chi connectivity index (χ2v) is 9.82. The van der Waals surface area contributed by atoms with Crippen LogP contribution in [0.3, 0.4) is 0 Å². The highest BCUT2D eigenvalue weighted by molar-refractivity contribution is 7.87. The van der Waals surface area contributed by atoms with Crippen molar-refractivity contribution in [3.63, 3.8) is 0 Å². The molecule has 0 saturated heterocycles. The number of aromatic nitrogens is 2. The molecule has 0 amide bonds. The molecule has 0 atom stereocenters. The van der Waals surface area contributed by atoms with E-state index in [0.29, 0.717) is 16.7 Å². The highest BCUT2D eigenvalue weighted by atomic mass is 32.2. The van der Waals surface area contributed by atoms with E-state index in [1.54, 1.807) is 45.9 Å². The van der Waals surface area contributed by atoms with E-state index >= 15 is 0 Å². The predicted molar refractivity (Wildman–Crippen MR) is 132 cm³/mol. The zero-order chi connectivity index (χ0) is 26.1. The van der Waals surface area contributed by atoms with Gasteiger partial charge in [-0.15, -0.1) is 0 Å². The average molecular weight is 498 g/mol. The van der Waals surface area contributed by atoms with Gasteiger partial charge in [0.15, 0.2) is 0 Å². The van der Waals surface area contributed by atoms with Crippen LogP contribution in [0.2, 0.25) is 0 Å². The Labute approximate surface area is 204 Å². The molecule has 0 spiro atoms. The third-order valence-electron chi connectivity index (χ3n) is 5.84. The molecule has 184 valence electrons. The van der Waals surface area contributed by atoms with Gasteiger partial charge in [-0.25, -0.2) is 4.68 Å². The Hall–Kier alpha value is -3.79. The maximum absolute atomic E-state index is 13.8. The number of nitrogens with zero attached hydrogens (tertiary/aromatic N) is 3. The number of nitro groups is 1. The maximum Gasteiger partial charge on any atom is 0.340 e. The minimum absolute atomic E-state index is 0.0101. The highest BCUT2D eigenvalue weighted by Gasteiger charge is 2.31. The Bertz CT molecular complexity index is 1450. The Morgan fingerprint density at radius 1 is 1.06 bits per heavy atom. The van der Waals surface area contributed by atoms with Crippen molar-refractivity contribution in [1.82, 2.24) is 9.78 Å². The van der Waals surface area contributed by atoms with Crippen molar-refractivity contribution in [3.05, 3.63) is 86.1 Å². The van der Waals surface area contributed by atoms with Gasteiger partial charge in [-0.2, -0.15) is 13.5 Å². The van der Waals surface area contributed by atoms with Crippen molar-refractivity contribution < 1.29 is 22.3 Å². The fourth-order valence-electron chi connectivity index (χ4n) is 3.81. The third-order valence-corrected chi connectivity index (χ3v) is 7.06. The molecule has 1 aromatic heterocycles. The molecule has 0 aliphatic rings. The van der Waals surface area contributed by atoms with Crippen molar-refractivity contribution in [2.75, 3.05) is 0 Å². The Kier molecular flexibility index (Phi) is 7.25. The molecule has 0 radical (unpaired) electrons. The van der Waals surface area contributed by atoms with Crippen LogP contribution in [-0.4, -0.2) is 28.9 Å². The fraction of sp³-hybridized carbons (Fsp3) is 0.280. The molecule has 3 aromatic rings. The Morgan fingerprint density at radius 2 is 1.69 bits per heavy atom. The summed E-state index contributed by atoms with van der Waals surface area (Å²) >= 11 is 0. The summed E-state index contributed by atoms with van der Waals surface area (Å²) in [5.41, 5.74) is 2.71. The molecule has 2 aromatic carbocycles. The van der Waals surface area contributed by atoms with Crippen molar-refractivity contribution in [1.29, 1.82) is 0 Å². The lowest BCUT2D eigenvalue weighted by molar-refractivity contribution is -0.385. The lowest BCUT2D eigenvalue weighted by Crippen LogP contribution is -2.16. The quantitative estimate of drug-likeness (QED) is 0.180. The van der Waals surface area contributed by atoms with Crippen molar-refractivity contribution in [2.24, 2.45) is 0 Å². The van der Waals surface area contributed by atoms with Crippen LogP contribution in [-0.2, 0) is 16.7 Å². The summed E-state index contributed by atoms with van der Waals surface area (Å²) < 4.78 is 32.6. The highest BCUT2D eigenvalue weighted by Crippen LogP contribution is 2.36. The first-order valence-electron chi connectivity index (χ1n) is 10.9. The number of ketones is 1. The van der Waals surface area contributed by atoms with E-state index in [1.807, 2.05) is 13.8 Å². The van der Waals surface area contributed by atoms with Crippen LogP contribution in [0.25, 0.3) is 5.57 Å². The maximum atomic E-state index is 13.8. The molecule has 10 heteroatoms. The third kappa shape index (κ3) is 4.88. The predicted octanol–water partition coefficient (Wildman–Crippen LogP) is 5.24. The summed E-state index contributed by atoms with van der Waals surface area (Å²) in [5, 5.41) is 16.0. The monoisotopic (exact) mass is 497 g/mol. The average Bonchev–Trinajstić information content (AvgIpc) is 3.12. The summed E-state index contributed by atoms with van der Waals surface area (Å²) in [7, 11) is -4.24. The summed E-state index contributed by atoms with van der Waals surface area (Å²) in [5.74, 6) is -0.729. The standard InChI is InChI=1S/C25H27N3O6S/c1-7-27-25(34-35(32,33)19-11-9-8-10-12-19)23(18(6)26-27)24(29)20-13-14-21(28(30)31)22(17(20)5)16(4)15(2)3/h8-14H,7H2,1-6H3. The van der Waals surface area contributed by atoms with E-state index < -0.39 is 20.8 Å². The molecule has 0 saturated carbocycles. The molecule has 9 nitrogen and oxygen atoms in total. The van der Waals surface area contributed by atoms with Gasteiger partial charge in [0.05, 0.1) is 16.2 Å². The molecular formula is C25H27N3O6S. The first-order valence-corrected chi connectivity index (χ1v) is 12.4. The van der Waals surface area contributed by atoms with E-state index in [4.69, 9.17) is 4.18 Å². The van der Waals surface area contributed by atoms with Crippen molar-refractivity contribution in [2.45, 2.75) is 53.0 Å². The van der Waals surface area contributed by atoms with Gasteiger partial charge >= 0.3 is 10.1 Å². The van der Waals surface area contributed by atoms with Gasteiger partial charge in [0.1, 0.15) is 10.5 Å². The van der Waals surface area contributed by atoms with Gasteiger partial charge in [-0.3, -0.25) is 14.9 Å². The number of benzene rings is 2. The van der Waals surface area contributed by atoms with E-state index in [2.05, 4.69) is 5.10 Å². The zero-order valence-corrected chi connectivity index (χ0v) is 21.3. The summed E-state index contributed by atoms with van der Waals surface area (Å²) in [6.45, 7) is 10.7.